The Labute approximate surface area is 189 Å². The lowest BCUT2D eigenvalue weighted by molar-refractivity contribution is 0.0561. The molecule has 0 saturated carbocycles. The van der Waals surface area contributed by atoms with Crippen molar-refractivity contribution < 1.29 is 14.3 Å². The zero-order chi connectivity index (χ0) is 23.1. The standard InChI is InChI=1S/C25H26N3O3P/c1-25(2,3)31-24(30)28-23(26)27-22(29)18-11-10-16-21(17-18)32(19-12-6-4-7-13-19)20-14-8-5-9-15-20/h4-17H,1-3H3,(H3,26,27,28,29,30). The van der Waals surface area contributed by atoms with Crippen LogP contribution < -0.4 is 26.5 Å². The summed E-state index contributed by atoms with van der Waals surface area (Å²) in [5, 5.41) is 15.8. The van der Waals surface area contributed by atoms with Crippen molar-refractivity contribution in [2.24, 2.45) is 0 Å². The number of guanidine groups is 1. The first-order valence-electron chi connectivity index (χ1n) is 10.1. The van der Waals surface area contributed by atoms with Crippen molar-refractivity contribution in [2.75, 3.05) is 0 Å². The molecule has 2 amide bonds. The summed E-state index contributed by atoms with van der Waals surface area (Å²) in [5.41, 5.74) is -0.299. The number of amides is 2. The number of rotatable bonds is 4. The van der Waals surface area contributed by atoms with Crippen LogP contribution in [0.4, 0.5) is 4.79 Å². The van der Waals surface area contributed by atoms with Gasteiger partial charge >= 0.3 is 6.09 Å². The van der Waals surface area contributed by atoms with Crippen LogP contribution in [0.25, 0.3) is 0 Å². The molecule has 0 fully saturated rings. The monoisotopic (exact) mass is 447 g/mol. The minimum Gasteiger partial charge on any atom is -0.444 e. The SMILES string of the molecule is CC(C)(C)OC(=O)NC(=N)NC(=O)c1cccc(P(c2ccccc2)c2ccccc2)c1. The van der Waals surface area contributed by atoms with Gasteiger partial charge in [0.25, 0.3) is 5.91 Å². The number of nitrogens with one attached hydrogen (secondary N) is 3. The van der Waals surface area contributed by atoms with Crippen LogP contribution in [-0.2, 0) is 4.74 Å². The van der Waals surface area contributed by atoms with E-state index in [9.17, 15) is 9.59 Å². The molecular formula is C25H26N3O3P. The normalized spacial score (nSPS) is 11.0. The molecule has 0 aliphatic rings. The molecule has 164 valence electrons. The topological polar surface area (TPSA) is 91.3 Å². The Bertz CT molecular complexity index is 1060. The van der Waals surface area contributed by atoms with Crippen LogP contribution >= 0.6 is 7.92 Å². The fraction of sp³-hybridized carbons (Fsp3) is 0.160. The molecule has 32 heavy (non-hydrogen) atoms. The van der Waals surface area contributed by atoms with Gasteiger partial charge in [0, 0.05) is 5.56 Å². The van der Waals surface area contributed by atoms with Gasteiger partial charge in [0.05, 0.1) is 0 Å². The van der Waals surface area contributed by atoms with Crippen LogP contribution in [0.5, 0.6) is 0 Å². The summed E-state index contributed by atoms with van der Waals surface area (Å²) in [4.78, 5) is 24.6. The molecule has 0 radical (unpaired) electrons. The maximum absolute atomic E-state index is 12.7. The van der Waals surface area contributed by atoms with Crippen molar-refractivity contribution in [3.8, 4) is 0 Å². The smallest absolute Gasteiger partial charge is 0.414 e. The summed E-state index contributed by atoms with van der Waals surface area (Å²) in [6.07, 6.45) is -0.798. The average molecular weight is 447 g/mol. The Hall–Kier alpha value is -3.50. The van der Waals surface area contributed by atoms with Gasteiger partial charge in [0.2, 0.25) is 5.96 Å². The number of alkyl carbamates (subject to hydrolysis) is 1. The van der Waals surface area contributed by atoms with Crippen molar-refractivity contribution in [2.45, 2.75) is 26.4 Å². The molecule has 0 aromatic heterocycles. The molecule has 3 aromatic carbocycles. The fourth-order valence-electron chi connectivity index (χ4n) is 3.01. The second-order valence-corrected chi connectivity index (χ2v) is 10.2. The molecule has 0 atom stereocenters. The quantitative estimate of drug-likeness (QED) is 0.324. The summed E-state index contributed by atoms with van der Waals surface area (Å²) in [6, 6.07) is 27.7. The van der Waals surface area contributed by atoms with Gasteiger partial charge in [-0.15, -0.1) is 0 Å². The molecule has 0 saturated heterocycles. The molecule has 7 heteroatoms. The summed E-state index contributed by atoms with van der Waals surface area (Å²) in [6.45, 7) is 5.16. The molecular weight excluding hydrogens is 421 g/mol. The number of ether oxygens (including phenoxy) is 1. The number of carbonyl (C=O) groups is 2. The number of benzene rings is 3. The number of carbonyl (C=O) groups excluding carboxylic acids is 2. The van der Waals surface area contributed by atoms with Crippen LogP contribution in [-0.4, -0.2) is 23.6 Å². The highest BCUT2D eigenvalue weighted by molar-refractivity contribution is 7.79. The van der Waals surface area contributed by atoms with E-state index in [0.29, 0.717) is 5.56 Å². The van der Waals surface area contributed by atoms with E-state index in [1.165, 1.54) is 10.6 Å². The molecule has 0 bridgehead atoms. The molecule has 0 unspecified atom stereocenters. The van der Waals surface area contributed by atoms with Crippen molar-refractivity contribution in [1.29, 1.82) is 5.41 Å². The number of hydrogen-bond acceptors (Lipinski definition) is 4. The molecule has 6 nitrogen and oxygen atoms in total. The highest BCUT2D eigenvalue weighted by Gasteiger charge is 2.20. The maximum atomic E-state index is 12.7. The van der Waals surface area contributed by atoms with Crippen molar-refractivity contribution in [1.82, 2.24) is 10.6 Å². The van der Waals surface area contributed by atoms with E-state index >= 15 is 0 Å². The third-order valence-electron chi connectivity index (χ3n) is 4.26. The Morgan fingerprint density at radius 1 is 0.781 bits per heavy atom. The highest BCUT2D eigenvalue weighted by Crippen LogP contribution is 2.32. The Kier molecular flexibility index (Phi) is 7.39. The summed E-state index contributed by atoms with van der Waals surface area (Å²) in [5.74, 6) is -0.924. The minimum absolute atomic E-state index is 0.401. The minimum atomic E-state index is -0.860. The van der Waals surface area contributed by atoms with Crippen molar-refractivity contribution in [3.05, 3.63) is 90.5 Å². The third kappa shape index (κ3) is 6.50. The molecule has 3 N–H and O–H groups in total. The van der Waals surface area contributed by atoms with Crippen LogP contribution in [0.15, 0.2) is 84.9 Å². The molecule has 0 aliphatic heterocycles. The molecule has 0 heterocycles. The van der Waals surface area contributed by atoms with Crippen LogP contribution in [0, 0.1) is 5.41 Å². The van der Waals surface area contributed by atoms with E-state index in [-0.39, 0.29) is 0 Å². The van der Waals surface area contributed by atoms with Crippen molar-refractivity contribution >= 4 is 41.8 Å². The molecule has 3 aromatic rings. The van der Waals surface area contributed by atoms with Crippen LogP contribution in [0.2, 0.25) is 0 Å². The average Bonchev–Trinajstić information content (AvgIpc) is 2.74. The predicted molar refractivity (Wildman–Crippen MR) is 130 cm³/mol. The summed E-state index contributed by atoms with van der Waals surface area (Å²) in [7, 11) is -0.860. The summed E-state index contributed by atoms with van der Waals surface area (Å²) < 4.78 is 5.10. The van der Waals surface area contributed by atoms with Gasteiger partial charge in [0.1, 0.15) is 5.60 Å². The van der Waals surface area contributed by atoms with E-state index < -0.39 is 31.5 Å². The van der Waals surface area contributed by atoms with Crippen LogP contribution in [0.1, 0.15) is 31.1 Å². The zero-order valence-electron chi connectivity index (χ0n) is 18.3. The fourth-order valence-corrected chi connectivity index (χ4v) is 5.35. The van der Waals surface area contributed by atoms with E-state index in [0.717, 1.165) is 5.30 Å². The lowest BCUT2D eigenvalue weighted by atomic mass is 10.2. The van der Waals surface area contributed by atoms with Gasteiger partial charge in [-0.25, -0.2) is 4.79 Å². The number of hydrogen-bond donors (Lipinski definition) is 3. The highest BCUT2D eigenvalue weighted by atomic mass is 31.1. The Morgan fingerprint density at radius 3 is 1.84 bits per heavy atom. The van der Waals surface area contributed by atoms with Gasteiger partial charge in [-0.2, -0.15) is 0 Å². The first-order valence-corrected chi connectivity index (χ1v) is 11.5. The first kappa shape index (κ1) is 23.2. The lowest BCUT2D eigenvalue weighted by Crippen LogP contribution is -2.45. The zero-order valence-corrected chi connectivity index (χ0v) is 19.1. The van der Waals surface area contributed by atoms with E-state index in [1.807, 2.05) is 54.6 Å². The molecule has 3 rings (SSSR count). The Balaban J connectivity index is 1.81. The van der Waals surface area contributed by atoms with Gasteiger partial charge in [-0.3, -0.25) is 20.8 Å². The largest absolute Gasteiger partial charge is 0.444 e. The van der Waals surface area contributed by atoms with E-state index in [2.05, 4.69) is 34.9 Å². The molecule has 0 aliphatic carbocycles. The second kappa shape index (κ2) is 10.2. The van der Waals surface area contributed by atoms with Gasteiger partial charge < -0.3 is 4.74 Å². The maximum Gasteiger partial charge on any atom is 0.414 e. The van der Waals surface area contributed by atoms with E-state index in [4.69, 9.17) is 10.1 Å². The van der Waals surface area contributed by atoms with Gasteiger partial charge in [0.15, 0.2) is 0 Å². The second-order valence-electron chi connectivity index (χ2n) is 8.01. The molecule has 0 spiro atoms. The first-order chi connectivity index (χ1) is 15.2. The van der Waals surface area contributed by atoms with Gasteiger partial charge in [-0.1, -0.05) is 72.8 Å². The van der Waals surface area contributed by atoms with Crippen molar-refractivity contribution in [3.63, 3.8) is 0 Å². The summed E-state index contributed by atoms with van der Waals surface area (Å²) >= 11 is 0. The third-order valence-corrected chi connectivity index (χ3v) is 6.68. The van der Waals surface area contributed by atoms with E-state index in [1.54, 1.807) is 26.8 Å². The van der Waals surface area contributed by atoms with Gasteiger partial charge in [-0.05, 0) is 56.7 Å². The Morgan fingerprint density at radius 2 is 1.31 bits per heavy atom. The predicted octanol–water partition coefficient (Wildman–Crippen LogP) is 3.63. The lowest BCUT2D eigenvalue weighted by Gasteiger charge is -2.20. The van der Waals surface area contributed by atoms with Crippen LogP contribution in [0.3, 0.4) is 0 Å².